The summed E-state index contributed by atoms with van der Waals surface area (Å²) in [7, 11) is -2.17. The van der Waals surface area contributed by atoms with Crippen molar-refractivity contribution >= 4 is 43.9 Å². The van der Waals surface area contributed by atoms with Crippen molar-refractivity contribution in [1.82, 2.24) is 9.71 Å². The van der Waals surface area contributed by atoms with Crippen molar-refractivity contribution in [3.63, 3.8) is 0 Å². The van der Waals surface area contributed by atoms with Crippen molar-refractivity contribution in [3.05, 3.63) is 70.2 Å². The number of aromatic nitrogens is 1. The van der Waals surface area contributed by atoms with Gasteiger partial charge >= 0.3 is 0 Å². The van der Waals surface area contributed by atoms with Gasteiger partial charge in [0.05, 0.1) is 23.2 Å². The molecule has 0 bridgehead atoms. The molecule has 0 saturated heterocycles. The summed E-state index contributed by atoms with van der Waals surface area (Å²) in [6.07, 6.45) is 3.91. The van der Waals surface area contributed by atoms with E-state index in [0.717, 1.165) is 12.8 Å². The number of nitrogens with zero attached hydrogens (tertiary/aromatic N) is 1. The largest absolute Gasteiger partial charge is 0.495 e. The minimum atomic E-state index is -3.61. The van der Waals surface area contributed by atoms with Crippen LogP contribution in [0.3, 0.4) is 0 Å². The van der Waals surface area contributed by atoms with E-state index >= 15 is 0 Å². The third-order valence-electron chi connectivity index (χ3n) is 4.63. The van der Waals surface area contributed by atoms with Gasteiger partial charge in [0, 0.05) is 18.7 Å². The molecule has 0 aliphatic carbocycles. The van der Waals surface area contributed by atoms with E-state index in [9.17, 15) is 13.2 Å². The zero-order valence-electron chi connectivity index (χ0n) is 17.5. The molecule has 1 aromatic heterocycles. The molecular formula is C22H24ClN3O4S2. The number of hydrogen-bond acceptors (Lipinski definition) is 7. The molecule has 0 saturated carbocycles. The number of benzene rings is 2. The Hall–Kier alpha value is -2.46. The van der Waals surface area contributed by atoms with Gasteiger partial charge in [0.2, 0.25) is 15.8 Å². The van der Waals surface area contributed by atoms with Gasteiger partial charge in [-0.15, -0.1) is 0 Å². The third-order valence-corrected chi connectivity index (χ3v) is 7.41. The fourth-order valence-electron chi connectivity index (χ4n) is 2.99. The zero-order valence-corrected chi connectivity index (χ0v) is 19.9. The standard InChI is InChI=1S/C22H24ClN3O4S2/c1-30-18-11-5-6-12-20(18)32(28,29)26-14-8-2-7-13-24-22-25-15-19(31-22)21(27)16-9-3-4-10-17(16)23/h3-6,9-12,15,26H,2,7-8,13-14H2,1H3,(H,24,25). The van der Waals surface area contributed by atoms with Crippen LogP contribution < -0.4 is 14.8 Å². The van der Waals surface area contributed by atoms with E-state index in [1.54, 1.807) is 48.7 Å². The SMILES string of the molecule is COc1ccccc1S(=O)(=O)NCCCCCNc1ncc(C(=O)c2ccccc2Cl)s1. The maximum absolute atomic E-state index is 12.5. The first-order chi connectivity index (χ1) is 15.4. The molecule has 10 heteroatoms. The lowest BCUT2D eigenvalue weighted by Gasteiger charge is -2.10. The summed E-state index contributed by atoms with van der Waals surface area (Å²) in [5.74, 6) is 0.170. The molecule has 2 aromatic carbocycles. The summed E-state index contributed by atoms with van der Waals surface area (Å²) in [4.78, 5) is 17.4. The van der Waals surface area contributed by atoms with E-state index in [1.807, 2.05) is 0 Å². The highest BCUT2D eigenvalue weighted by molar-refractivity contribution is 7.89. The summed E-state index contributed by atoms with van der Waals surface area (Å²) >= 11 is 7.38. The highest BCUT2D eigenvalue weighted by atomic mass is 35.5. The van der Waals surface area contributed by atoms with Crippen LogP contribution >= 0.6 is 22.9 Å². The first-order valence-electron chi connectivity index (χ1n) is 10.0. The molecule has 0 aliphatic heterocycles. The minimum absolute atomic E-state index is 0.134. The molecule has 1 heterocycles. The second kappa shape index (κ2) is 11.4. The molecule has 0 amide bonds. The Labute approximate surface area is 196 Å². The van der Waals surface area contributed by atoms with Gasteiger partial charge in [-0.2, -0.15) is 0 Å². The number of nitrogens with one attached hydrogen (secondary N) is 2. The number of hydrogen-bond donors (Lipinski definition) is 2. The minimum Gasteiger partial charge on any atom is -0.495 e. The lowest BCUT2D eigenvalue weighted by Crippen LogP contribution is -2.25. The van der Waals surface area contributed by atoms with Crippen LogP contribution in [0.2, 0.25) is 5.02 Å². The number of ketones is 1. The molecule has 0 unspecified atom stereocenters. The molecule has 0 fully saturated rings. The molecule has 2 N–H and O–H groups in total. The number of sulfonamides is 1. The summed E-state index contributed by atoms with van der Waals surface area (Å²) in [5.41, 5.74) is 0.458. The number of methoxy groups -OCH3 is 1. The Kier molecular flexibility index (Phi) is 8.63. The van der Waals surface area contributed by atoms with E-state index in [4.69, 9.17) is 16.3 Å². The van der Waals surface area contributed by atoms with Crippen molar-refractivity contribution < 1.29 is 17.9 Å². The number of ether oxygens (including phenoxy) is 1. The normalized spacial score (nSPS) is 11.3. The summed E-state index contributed by atoms with van der Waals surface area (Å²) in [5, 5.41) is 4.28. The number of rotatable bonds is 12. The van der Waals surface area contributed by atoms with Crippen molar-refractivity contribution in [2.75, 3.05) is 25.5 Å². The average Bonchev–Trinajstić information content (AvgIpc) is 3.27. The number of unbranched alkanes of at least 4 members (excludes halogenated alkanes) is 2. The van der Waals surface area contributed by atoms with Crippen molar-refractivity contribution in [1.29, 1.82) is 0 Å². The van der Waals surface area contributed by atoms with Crippen LogP contribution in [0.4, 0.5) is 5.13 Å². The Bertz CT molecular complexity index is 1170. The fraction of sp³-hybridized carbons (Fsp3) is 0.273. The predicted molar refractivity (Wildman–Crippen MR) is 128 cm³/mol. The van der Waals surface area contributed by atoms with E-state index in [0.29, 0.717) is 45.9 Å². The second-order valence-electron chi connectivity index (χ2n) is 6.87. The molecule has 0 spiro atoms. The topological polar surface area (TPSA) is 97.4 Å². The van der Waals surface area contributed by atoms with Gasteiger partial charge in [-0.1, -0.05) is 53.6 Å². The van der Waals surface area contributed by atoms with Gasteiger partial charge in [-0.05, 0) is 37.1 Å². The van der Waals surface area contributed by atoms with E-state index in [-0.39, 0.29) is 10.7 Å². The lowest BCUT2D eigenvalue weighted by atomic mass is 10.1. The summed E-state index contributed by atoms with van der Waals surface area (Å²) in [6, 6.07) is 13.5. The molecule has 32 heavy (non-hydrogen) atoms. The van der Waals surface area contributed by atoms with Crippen LogP contribution in [0.25, 0.3) is 0 Å². The zero-order chi connectivity index (χ0) is 23.0. The average molecular weight is 494 g/mol. The van der Waals surface area contributed by atoms with Gasteiger partial charge in [0.15, 0.2) is 5.13 Å². The van der Waals surface area contributed by atoms with Gasteiger partial charge < -0.3 is 10.1 Å². The summed E-state index contributed by atoms with van der Waals surface area (Å²) < 4.78 is 32.6. The monoisotopic (exact) mass is 493 g/mol. The predicted octanol–water partition coefficient (Wildman–Crippen LogP) is 4.60. The number of carbonyl (C=O) groups is 1. The number of anilines is 1. The Morgan fingerprint density at radius 1 is 1.06 bits per heavy atom. The quantitative estimate of drug-likeness (QED) is 0.283. The van der Waals surface area contributed by atoms with Gasteiger partial charge in [-0.3, -0.25) is 4.79 Å². The van der Waals surface area contributed by atoms with Crippen LogP contribution in [0.1, 0.15) is 34.5 Å². The molecule has 0 aliphatic rings. The maximum Gasteiger partial charge on any atom is 0.244 e. The molecule has 7 nitrogen and oxygen atoms in total. The van der Waals surface area contributed by atoms with Crippen molar-refractivity contribution in [2.45, 2.75) is 24.2 Å². The Balaban J connectivity index is 1.39. The number of para-hydroxylation sites is 1. The molecule has 3 rings (SSSR count). The molecule has 0 atom stereocenters. The van der Waals surface area contributed by atoms with Gasteiger partial charge in [0.1, 0.15) is 10.6 Å². The highest BCUT2D eigenvalue weighted by Crippen LogP contribution is 2.25. The molecule has 0 radical (unpaired) electrons. The Morgan fingerprint density at radius 3 is 2.56 bits per heavy atom. The van der Waals surface area contributed by atoms with Crippen LogP contribution in [-0.2, 0) is 10.0 Å². The van der Waals surface area contributed by atoms with E-state index in [2.05, 4.69) is 15.0 Å². The van der Waals surface area contributed by atoms with Crippen molar-refractivity contribution in [2.24, 2.45) is 0 Å². The van der Waals surface area contributed by atoms with E-state index < -0.39 is 10.0 Å². The molecular weight excluding hydrogens is 470 g/mol. The van der Waals surface area contributed by atoms with Gasteiger partial charge in [-0.25, -0.2) is 18.1 Å². The van der Waals surface area contributed by atoms with Crippen LogP contribution in [-0.4, -0.2) is 39.4 Å². The summed E-state index contributed by atoms with van der Waals surface area (Å²) in [6.45, 7) is 1.01. The van der Waals surface area contributed by atoms with E-state index in [1.165, 1.54) is 24.5 Å². The van der Waals surface area contributed by atoms with Crippen molar-refractivity contribution in [3.8, 4) is 5.75 Å². The van der Waals surface area contributed by atoms with Crippen LogP contribution in [0.5, 0.6) is 5.75 Å². The number of carbonyl (C=O) groups excluding carboxylic acids is 1. The first-order valence-corrected chi connectivity index (χ1v) is 12.7. The highest BCUT2D eigenvalue weighted by Gasteiger charge is 2.18. The smallest absolute Gasteiger partial charge is 0.244 e. The number of halogens is 1. The molecule has 3 aromatic rings. The maximum atomic E-state index is 12.5. The molecule has 170 valence electrons. The lowest BCUT2D eigenvalue weighted by molar-refractivity contribution is 0.104. The number of thiazole rings is 1. The fourth-order valence-corrected chi connectivity index (χ4v) is 5.25. The van der Waals surface area contributed by atoms with Crippen LogP contribution in [0, 0.1) is 0 Å². The third kappa shape index (κ3) is 6.29. The Morgan fingerprint density at radius 2 is 1.78 bits per heavy atom. The second-order valence-corrected chi connectivity index (χ2v) is 10.0. The first kappa shape index (κ1) is 24.2. The van der Waals surface area contributed by atoms with Crippen LogP contribution in [0.15, 0.2) is 59.6 Å². The van der Waals surface area contributed by atoms with Gasteiger partial charge in [0.25, 0.3) is 0 Å².